The summed E-state index contributed by atoms with van der Waals surface area (Å²) in [6.07, 6.45) is 1.78. The number of aliphatic imine (C=N–C) groups is 1. The Kier molecular flexibility index (Phi) is 6.91. The maximum absolute atomic E-state index is 5.90. The molecule has 146 valence electrons. The highest BCUT2D eigenvalue weighted by molar-refractivity contribution is 14.0. The summed E-state index contributed by atoms with van der Waals surface area (Å²) in [5.74, 6) is 3.02. The molecule has 3 rings (SSSR count). The van der Waals surface area contributed by atoms with Crippen molar-refractivity contribution in [1.82, 2.24) is 15.6 Å². The number of para-hydroxylation sites is 1. The molecule has 0 bridgehead atoms. The fourth-order valence-corrected chi connectivity index (χ4v) is 2.58. The Morgan fingerprint density at radius 2 is 1.96 bits per heavy atom. The van der Waals surface area contributed by atoms with Crippen LogP contribution in [-0.2, 0) is 12.0 Å². The Hall–Kier alpha value is -2.03. The molecule has 1 aromatic carbocycles. The largest absolute Gasteiger partial charge is 0.459 e. The van der Waals surface area contributed by atoms with Gasteiger partial charge in [0.25, 0.3) is 0 Å². The summed E-state index contributed by atoms with van der Waals surface area (Å²) in [4.78, 5) is 8.59. The van der Waals surface area contributed by atoms with Gasteiger partial charge in [-0.2, -0.15) is 0 Å². The van der Waals surface area contributed by atoms with Crippen molar-refractivity contribution >= 4 is 40.9 Å². The van der Waals surface area contributed by atoms with Crippen LogP contribution < -0.4 is 10.6 Å². The lowest BCUT2D eigenvalue weighted by Crippen LogP contribution is -2.38. The lowest BCUT2D eigenvalue weighted by molar-refractivity contribution is 0.379. The second kappa shape index (κ2) is 8.77. The van der Waals surface area contributed by atoms with Gasteiger partial charge in [0.15, 0.2) is 5.96 Å². The summed E-state index contributed by atoms with van der Waals surface area (Å²) < 4.78 is 11.7. The van der Waals surface area contributed by atoms with Crippen molar-refractivity contribution in [2.75, 3.05) is 7.05 Å². The number of guanidine groups is 1. The van der Waals surface area contributed by atoms with Gasteiger partial charge < -0.3 is 19.5 Å². The molecule has 0 aliphatic heterocycles. The minimum absolute atomic E-state index is 0. The molecule has 1 atom stereocenters. The van der Waals surface area contributed by atoms with Crippen molar-refractivity contribution in [3.8, 4) is 0 Å². The SMILES string of the molecule is CN=C(NCc1ncc(C(C)(C)C)o1)NC(C)c1cc2ccccc2o1.I. The topological polar surface area (TPSA) is 75.6 Å². The van der Waals surface area contributed by atoms with Crippen molar-refractivity contribution in [2.24, 2.45) is 4.99 Å². The fourth-order valence-electron chi connectivity index (χ4n) is 2.58. The number of furan rings is 1. The van der Waals surface area contributed by atoms with Crippen LogP contribution in [0.25, 0.3) is 11.0 Å². The lowest BCUT2D eigenvalue weighted by atomic mass is 9.94. The van der Waals surface area contributed by atoms with E-state index in [9.17, 15) is 0 Å². The number of halogens is 1. The van der Waals surface area contributed by atoms with E-state index in [0.717, 1.165) is 22.5 Å². The molecule has 0 saturated carbocycles. The standard InChI is InChI=1S/C20H26N4O2.HI/c1-13(16-10-14-8-6-7-9-15(14)25-16)24-19(21-5)23-12-18-22-11-17(26-18)20(2,3)4;/h6-11,13H,12H2,1-5H3,(H2,21,23,24);1H. The number of benzene rings is 1. The Labute approximate surface area is 176 Å². The normalized spacial score (nSPS) is 13.3. The molecular formula is C20H27IN4O2. The van der Waals surface area contributed by atoms with Gasteiger partial charge in [0.2, 0.25) is 5.89 Å². The van der Waals surface area contributed by atoms with E-state index in [1.807, 2.05) is 37.3 Å². The first-order chi connectivity index (χ1) is 12.4. The average Bonchev–Trinajstić information content (AvgIpc) is 3.24. The zero-order chi connectivity index (χ0) is 18.7. The van der Waals surface area contributed by atoms with Gasteiger partial charge in [0, 0.05) is 17.8 Å². The van der Waals surface area contributed by atoms with Gasteiger partial charge in [-0.1, -0.05) is 39.0 Å². The zero-order valence-corrected chi connectivity index (χ0v) is 18.7. The molecule has 0 amide bonds. The van der Waals surface area contributed by atoms with Crippen molar-refractivity contribution < 1.29 is 8.83 Å². The molecule has 7 heteroatoms. The van der Waals surface area contributed by atoms with Gasteiger partial charge in [0.1, 0.15) is 17.1 Å². The third kappa shape index (κ3) is 5.24. The van der Waals surface area contributed by atoms with Crippen LogP contribution in [0.3, 0.4) is 0 Å². The smallest absolute Gasteiger partial charge is 0.213 e. The van der Waals surface area contributed by atoms with E-state index in [0.29, 0.717) is 18.4 Å². The third-order valence-electron chi connectivity index (χ3n) is 4.15. The van der Waals surface area contributed by atoms with Gasteiger partial charge in [-0.3, -0.25) is 4.99 Å². The molecular weight excluding hydrogens is 455 g/mol. The van der Waals surface area contributed by atoms with Crippen molar-refractivity contribution in [3.05, 3.63) is 53.9 Å². The van der Waals surface area contributed by atoms with E-state index in [2.05, 4.69) is 41.4 Å². The van der Waals surface area contributed by atoms with Gasteiger partial charge in [-0.15, -0.1) is 24.0 Å². The number of rotatable bonds is 4. The van der Waals surface area contributed by atoms with Crippen LogP contribution in [0.4, 0.5) is 0 Å². The van der Waals surface area contributed by atoms with Crippen LogP contribution in [-0.4, -0.2) is 18.0 Å². The van der Waals surface area contributed by atoms with Gasteiger partial charge in [0.05, 0.1) is 18.8 Å². The van der Waals surface area contributed by atoms with E-state index in [1.54, 1.807) is 13.2 Å². The third-order valence-corrected chi connectivity index (χ3v) is 4.15. The first kappa shape index (κ1) is 21.3. The van der Waals surface area contributed by atoms with E-state index in [1.165, 1.54) is 0 Å². The van der Waals surface area contributed by atoms with Crippen molar-refractivity contribution in [2.45, 2.75) is 45.7 Å². The van der Waals surface area contributed by atoms with Crippen LogP contribution in [0.15, 0.2) is 50.4 Å². The number of fused-ring (bicyclic) bond motifs is 1. The van der Waals surface area contributed by atoms with Gasteiger partial charge in [-0.25, -0.2) is 4.98 Å². The molecule has 0 spiro atoms. The number of aromatic nitrogens is 1. The van der Waals surface area contributed by atoms with Gasteiger partial charge in [-0.05, 0) is 19.1 Å². The second-order valence-electron chi connectivity index (χ2n) is 7.35. The summed E-state index contributed by atoms with van der Waals surface area (Å²) in [7, 11) is 1.73. The number of nitrogens with zero attached hydrogens (tertiary/aromatic N) is 2. The monoisotopic (exact) mass is 482 g/mol. The molecule has 0 aliphatic rings. The summed E-state index contributed by atoms with van der Waals surface area (Å²) in [6.45, 7) is 8.79. The highest BCUT2D eigenvalue weighted by atomic mass is 127. The van der Waals surface area contributed by atoms with E-state index in [4.69, 9.17) is 8.83 Å². The van der Waals surface area contributed by atoms with Crippen molar-refractivity contribution in [3.63, 3.8) is 0 Å². The molecule has 0 aliphatic carbocycles. The van der Waals surface area contributed by atoms with Crippen LogP contribution in [0.1, 0.15) is 51.1 Å². The van der Waals surface area contributed by atoms with Crippen LogP contribution in [0.5, 0.6) is 0 Å². The van der Waals surface area contributed by atoms with Crippen LogP contribution in [0.2, 0.25) is 0 Å². The second-order valence-corrected chi connectivity index (χ2v) is 7.35. The summed E-state index contributed by atoms with van der Waals surface area (Å²) in [5, 5.41) is 7.64. The molecule has 6 nitrogen and oxygen atoms in total. The van der Waals surface area contributed by atoms with E-state index in [-0.39, 0.29) is 35.4 Å². The maximum atomic E-state index is 5.90. The van der Waals surface area contributed by atoms with Crippen molar-refractivity contribution in [1.29, 1.82) is 0 Å². The quantitative estimate of drug-likeness (QED) is 0.319. The first-order valence-electron chi connectivity index (χ1n) is 8.77. The zero-order valence-electron chi connectivity index (χ0n) is 16.4. The number of hydrogen-bond acceptors (Lipinski definition) is 4. The summed E-state index contributed by atoms with van der Waals surface area (Å²) in [6, 6.07) is 10.00. The summed E-state index contributed by atoms with van der Waals surface area (Å²) in [5.41, 5.74) is 0.828. The molecule has 0 saturated heterocycles. The molecule has 2 aromatic heterocycles. The average molecular weight is 482 g/mol. The Morgan fingerprint density at radius 3 is 2.59 bits per heavy atom. The molecule has 3 aromatic rings. The molecule has 0 fully saturated rings. The molecule has 2 heterocycles. The Balaban J connectivity index is 0.00000261. The van der Waals surface area contributed by atoms with E-state index < -0.39 is 0 Å². The van der Waals surface area contributed by atoms with Crippen LogP contribution in [0, 0.1) is 0 Å². The molecule has 0 radical (unpaired) electrons. The molecule has 1 unspecified atom stereocenters. The predicted octanol–water partition coefficient (Wildman–Crippen LogP) is 4.76. The molecule has 2 N–H and O–H groups in total. The number of nitrogens with one attached hydrogen (secondary N) is 2. The first-order valence-corrected chi connectivity index (χ1v) is 8.77. The highest BCUT2D eigenvalue weighted by Gasteiger charge is 2.19. The fraction of sp³-hybridized carbons (Fsp3) is 0.400. The predicted molar refractivity (Wildman–Crippen MR) is 119 cm³/mol. The Morgan fingerprint density at radius 1 is 1.22 bits per heavy atom. The van der Waals surface area contributed by atoms with Gasteiger partial charge >= 0.3 is 0 Å². The summed E-state index contributed by atoms with van der Waals surface area (Å²) >= 11 is 0. The minimum atomic E-state index is -0.0546. The molecule has 27 heavy (non-hydrogen) atoms. The number of hydrogen-bond donors (Lipinski definition) is 2. The highest BCUT2D eigenvalue weighted by Crippen LogP contribution is 2.24. The maximum Gasteiger partial charge on any atom is 0.213 e. The Bertz CT molecular complexity index is 875. The number of oxazole rings is 1. The van der Waals surface area contributed by atoms with E-state index >= 15 is 0 Å². The van der Waals surface area contributed by atoms with Crippen LogP contribution >= 0.6 is 24.0 Å². The minimum Gasteiger partial charge on any atom is -0.459 e. The lowest BCUT2D eigenvalue weighted by Gasteiger charge is -2.16.